The predicted molar refractivity (Wildman–Crippen MR) is 135 cm³/mol. The number of benzene rings is 2. The van der Waals surface area contributed by atoms with E-state index < -0.39 is 20.0 Å². The maximum Gasteiger partial charge on any atom is 0.243 e. The van der Waals surface area contributed by atoms with Crippen LogP contribution in [0, 0.1) is 0 Å². The summed E-state index contributed by atoms with van der Waals surface area (Å²) in [5.41, 5.74) is 0.652. The summed E-state index contributed by atoms with van der Waals surface area (Å²) in [7, 11) is -7.70. The average molecular weight is 537 g/mol. The van der Waals surface area contributed by atoms with E-state index in [4.69, 9.17) is 16.0 Å². The Morgan fingerprint density at radius 3 is 2.31 bits per heavy atom. The zero-order valence-corrected chi connectivity index (χ0v) is 21.9. The third-order valence-corrected chi connectivity index (χ3v) is 10.5. The summed E-state index contributed by atoms with van der Waals surface area (Å²) in [6, 6.07) is 15.9. The molecule has 0 saturated carbocycles. The Balaban J connectivity index is 1.64. The number of sulfonamides is 2. The molecule has 0 amide bonds. The second kappa shape index (κ2) is 10.8. The molecule has 188 valence electrons. The van der Waals surface area contributed by atoms with Crippen LogP contribution in [0.4, 0.5) is 0 Å². The largest absolute Gasteiger partial charge is 0.468 e. The van der Waals surface area contributed by atoms with Gasteiger partial charge >= 0.3 is 0 Å². The second-order valence-electron chi connectivity index (χ2n) is 8.59. The topological polar surface area (TPSA) is 87.9 Å². The summed E-state index contributed by atoms with van der Waals surface area (Å²) in [5.74, 6) is 0.482. The molecule has 7 nitrogen and oxygen atoms in total. The molecule has 1 unspecified atom stereocenters. The van der Waals surface area contributed by atoms with Crippen LogP contribution in [0.15, 0.2) is 81.1 Å². The second-order valence-corrected chi connectivity index (χ2v) is 12.8. The number of piperidine rings is 1. The maximum atomic E-state index is 13.6. The molecule has 35 heavy (non-hydrogen) atoms. The van der Waals surface area contributed by atoms with Gasteiger partial charge in [-0.15, -0.1) is 0 Å². The van der Waals surface area contributed by atoms with Gasteiger partial charge in [0.05, 0.1) is 22.6 Å². The van der Waals surface area contributed by atoms with Crippen molar-refractivity contribution in [2.45, 2.75) is 61.5 Å². The number of rotatable bonds is 9. The first-order valence-electron chi connectivity index (χ1n) is 11.6. The molecule has 3 aromatic rings. The van der Waals surface area contributed by atoms with Crippen LogP contribution in [-0.4, -0.2) is 38.0 Å². The van der Waals surface area contributed by atoms with E-state index in [2.05, 4.69) is 0 Å². The summed E-state index contributed by atoms with van der Waals surface area (Å²) in [6.45, 7) is 2.51. The normalized spacial score (nSPS) is 17.6. The van der Waals surface area contributed by atoms with Crippen LogP contribution >= 0.6 is 11.6 Å². The van der Waals surface area contributed by atoms with Crippen molar-refractivity contribution in [2.75, 3.05) is 6.54 Å². The lowest BCUT2D eigenvalue weighted by molar-refractivity contribution is 0.246. The van der Waals surface area contributed by atoms with Crippen LogP contribution in [0.5, 0.6) is 0 Å². The summed E-state index contributed by atoms with van der Waals surface area (Å²) >= 11 is 6.30. The average Bonchev–Trinajstić information content (AvgIpc) is 3.38. The molecule has 1 aliphatic heterocycles. The number of hydrogen-bond acceptors (Lipinski definition) is 5. The molecule has 1 aromatic heterocycles. The quantitative estimate of drug-likeness (QED) is 0.371. The van der Waals surface area contributed by atoms with Gasteiger partial charge < -0.3 is 4.42 Å². The van der Waals surface area contributed by atoms with Gasteiger partial charge in [-0.05, 0) is 67.3 Å². The van der Waals surface area contributed by atoms with Crippen LogP contribution in [-0.2, 0) is 33.1 Å². The highest BCUT2D eigenvalue weighted by Gasteiger charge is 2.33. The van der Waals surface area contributed by atoms with Crippen molar-refractivity contribution in [3.05, 3.63) is 83.3 Å². The fourth-order valence-corrected chi connectivity index (χ4v) is 7.73. The SMILES string of the molecule is CCC1CCCCN1S(=O)(=O)c1ccc(S(=O)(=O)N(Cc2ccco2)Cc2ccccc2Cl)cc1. The van der Waals surface area contributed by atoms with Crippen LogP contribution in [0.3, 0.4) is 0 Å². The van der Waals surface area contributed by atoms with Crippen LogP contribution in [0.2, 0.25) is 5.02 Å². The van der Waals surface area contributed by atoms with E-state index in [1.807, 2.05) is 6.92 Å². The minimum Gasteiger partial charge on any atom is -0.468 e. The Morgan fingerprint density at radius 1 is 0.943 bits per heavy atom. The van der Waals surface area contributed by atoms with Crippen molar-refractivity contribution in [1.82, 2.24) is 8.61 Å². The molecule has 1 aliphatic rings. The van der Waals surface area contributed by atoms with E-state index in [1.54, 1.807) is 40.7 Å². The fourth-order valence-electron chi connectivity index (χ4n) is 4.39. The van der Waals surface area contributed by atoms with Crippen molar-refractivity contribution < 1.29 is 21.3 Å². The first kappa shape index (κ1) is 25.9. The third kappa shape index (κ3) is 5.65. The van der Waals surface area contributed by atoms with Gasteiger partial charge in [-0.2, -0.15) is 8.61 Å². The molecule has 1 fully saturated rings. The Hall–Kier alpha value is -2.17. The molecule has 0 radical (unpaired) electrons. The molecular weight excluding hydrogens is 508 g/mol. The Labute approximate surface area is 212 Å². The van der Waals surface area contributed by atoms with Gasteiger partial charge in [0.15, 0.2) is 0 Å². The molecule has 0 aliphatic carbocycles. The molecule has 0 spiro atoms. The van der Waals surface area contributed by atoms with E-state index in [1.165, 1.54) is 34.8 Å². The molecule has 1 saturated heterocycles. The zero-order chi connectivity index (χ0) is 25.1. The minimum atomic E-state index is -3.99. The molecule has 2 aromatic carbocycles. The van der Waals surface area contributed by atoms with Crippen molar-refractivity contribution in [3.8, 4) is 0 Å². The van der Waals surface area contributed by atoms with Crippen molar-refractivity contribution in [2.24, 2.45) is 0 Å². The molecule has 0 bridgehead atoms. The van der Waals surface area contributed by atoms with E-state index in [9.17, 15) is 16.8 Å². The van der Waals surface area contributed by atoms with Crippen LogP contribution in [0.25, 0.3) is 0 Å². The number of hydrogen-bond donors (Lipinski definition) is 0. The van der Waals surface area contributed by atoms with Gasteiger partial charge in [0.25, 0.3) is 0 Å². The third-order valence-electron chi connectivity index (χ3n) is 6.33. The van der Waals surface area contributed by atoms with Gasteiger partial charge in [0.2, 0.25) is 20.0 Å². The fraction of sp³-hybridized carbons (Fsp3) is 0.360. The summed E-state index contributed by atoms with van der Waals surface area (Å²) in [4.78, 5) is 0.0984. The standard InChI is InChI=1S/C25H29ClN2O5S2/c1-2-21-9-5-6-16-28(21)35(31,32)24-14-12-23(13-15-24)34(29,30)27(19-22-10-7-17-33-22)18-20-8-3-4-11-25(20)26/h3-4,7-8,10-15,17,21H,2,5-6,9,16,18-19H2,1H3. The minimum absolute atomic E-state index is 0.000690. The van der Waals surface area contributed by atoms with E-state index in [0.717, 1.165) is 25.7 Å². The zero-order valence-electron chi connectivity index (χ0n) is 19.5. The Kier molecular flexibility index (Phi) is 8.02. The molecule has 4 rings (SSSR count). The van der Waals surface area contributed by atoms with Gasteiger partial charge in [0, 0.05) is 24.2 Å². The maximum absolute atomic E-state index is 13.6. The van der Waals surface area contributed by atoms with Crippen LogP contribution < -0.4 is 0 Å². The predicted octanol–water partition coefficient (Wildman–Crippen LogP) is 5.28. The van der Waals surface area contributed by atoms with Gasteiger partial charge in [-0.25, -0.2) is 16.8 Å². The lowest BCUT2D eigenvalue weighted by atomic mass is 10.0. The first-order chi connectivity index (χ1) is 16.7. The van der Waals surface area contributed by atoms with E-state index >= 15 is 0 Å². The van der Waals surface area contributed by atoms with Gasteiger partial charge in [0.1, 0.15) is 5.76 Å². The smallest absolute Gasteiger partial charge is 0.243 e. The number of nitrogens with zero attached hydrogens (tertiary/aromatic N) is 2. The number of furan rings is 1. The summed E-state index contributed by atoms with van der Waals surface area (Å²) < 4.78 is 62.0. The molecule has 0 N–H and O–H groups in total. The summed E-state index contributed by atoms with van der Waals surface area (Å²) in [5, 5.41) is 0.459. The highest BCUT2D eigenvalue weighted by Crippen LogP contribution is 2.29. The molecule has 1 atom stereocenters. The monoisotopic (exact) mass is 536 g/mol. The molecule has 10 heteroatoms. The van der Waals surface area contributed by atoms with E-state index in [-0.39, 0.29) is 28.9 Å². The lowest BCUT2D eigenvalue weighted by Crippen LogP contribution is -2.43. The van der Waals surface area contributed by atoms with Crippen LogP contribution in [0.1, 0.15) is 43.9 Å². The van der Waals surface area contributed by atoms with Gasteiger partial charge in [-0.1, -0.05) is 43.1 Å². The Morgan fingerprint density at radius 2 is 1.66 bits per heavy atom. The lowest BCUT2D eigenvalue weighted by Gasteiger charge is -2.34. The highest BCUT2D eigenvalue weighted by molar-refractivity contribution is 7.89. The highest BCUT2D eigenvalue weighted by atomic mass is 35.5. The number of halogens is 1. The summed E-state index contributed by atoms with van der Waals surface area (Å²) in [6.07, 6.45) is 4.91. The van der Waals surface area contributed by atoms with Crippen molar-refractivity contribution in [3.63, 3.8) is 0 Å². The van der Waals surface area contributed by atoms with Crippen molar-refractivity contribution >= 4 is 31.6 Å². The Bertz CT molecular complexity index is 1340. The van der Waals surface area contributed by atoms with Crippen molar-refractivity contribution in [1.29, 1.82) is 0 Å². The van der Waals surface area contributed by atoms with Gasteiger partial charge in [-0.3, -0.25) is 0 Å². The molecule has 2 heterocycles. The molecular formula is C25H29ClN2O5S2. The van der Waals surface area contributed by atoms with E-state index in [0.29, 0.717) is 22.9 Å². The first-order valence-corrected chi connectivity index (χ1v) is 14.9.